The van der Waals surface area contributed by atoms with Crippen molar-refractivity contribution in [3.63, 3.8) is 0 Å². The van der Waals surface area contributed by atoms with Crippen molar-refractivity contribution in [3.8, 4) is 0 Å². The maximum absolute atomic E-state index is 2.53. The van der Waals surface area contributed by atoms with Crippen molar-refractivity contribution in [1.29, 1.82) is 0 Å². The van der Waals surface area contributed by atoms with E-state index in [1.807, 2.05) is 0 Å². The maximum Gasteiger partial charge on any atom is -0.0293 e. The Hall–Kier alpha value is 0. The van der Waals surface area contributed by atoms with E-state index in [9.17, 15) is 0 Å². The van der Waals surface area contributed by atoms with E-state index in [1.165, 1.54) is 38.5 Å². The van der Waals surface area contributed by atoms with E-state index in [2.05, 4.69) is 34.6 Å². The molecule has 84 valence electrons. The number of hydrogen-bond donors (Lipinski definition) is 0. The second-order valence-corrected chi connectivity index (χ2v) is 6.74. The average molecular weight is 196 g/mol. The molecule has 0 aromatic heterocycles. The number of rotatable bonds is 2. The highest BCUT2D eigenvalue weighted by Gasteiger charge is 2.37. The minimum absolute atomic E-state index is 0.500. The predicted octanol–water partition coefficient (Wildman–Crippen LogP) is 5.03. The molecule has 0 aromatic rings. The summed E-state index contributed by atoms with van der Waals surface area (Å²) in [5.41, 5.74) is 1.13. The average Bonchev–Trinajstić information content (AvgIpc) is 2.01. The predicted molar refractivity (Wildman–Crippen MR) is 64.4 cm³/mol. The summed E-state index contributed by atoms with van der Waals surface area (Å²) in [6.45, 7) is 12.1. The molecule has 1 fully saturated rings. The van der Waals surface area contributed by atoms with Gasteiger partial charge in [0.25, 0.3) is 0 Å². The molecule has 0 heteroatoms. The summed E-state index contributed by atoms with van der Waals surface area (Å²) in [4.78, 5) is 0. The second-order valence-electron chi connectivity index (χ2n) is 6.74. The lowest BCUT2D eigenvalue weighted by molar-refractivity contribution is 0.0601. The van der Waals surface area contributed by atoms with Gasteiger partial charge in [-0.3, -0.25) is 0 Å². The van der Waals surface area contributed by atoms with E-state index in [-0.39, 0.29) is 0 Å². The molecule has 1 rings (SSSR count). The molecule has 0 amide bonds. The van der Waals surface area contributed by atoms with E-state index >= 15 is 0 Å². The Labute approximate surface area is 90.5 Å². The number of hydrogen-bond acceptors (Lipinski definition) is 0. The van der Waals surface area contributed by atoms with Gasteiger partial charge in [0.2, 0.25) is 0 Å². The molecule has 1 aliphatic rings. The van der Waals surface area contributed by atoms with Gasteiger partial charge < -0.3 is 0 Å². The lowest BCUT2D eigenvalue weighted by Crippen LogP contribution is -2.34. The zero-order valence-corrected chi connectivity index (χ0v) is 10.8. The Bertz CT molecular complexity index is 175. The largest absolute Gasteiger partial charge is 0.0651 e. The first-order valence-electron chi connectivity index (χ1n) is 6.37. The van der Waals surface area contributed by atoms with Crippen LogP contribution in [0.5, 0.6) is 0 Å². The van der Waals surface area contributed by atoms with Crippen molar-refractivity contribution in [2.75, 3.05) is 0 Å². The molecule has 0 spiro atoms. The maximum atomic E-state index is 2.53. The monoisotopic (exact) mass is 196 g/mol. The van der Waals surface area contributed by atoms with Gasteiger partial charge in [0.1, 0.15) is 0 Å². The molecular weight excluding hydrogens is 168 g/mol. The Balaban J connectivity index is 2.67. The van der Waals surface area contributed by atoms with Crippen LogP contribution in [0.3, 0.4) is 0 Å². The Morgan fingerprint density at radius 2 is 1.86 bits per heavy atom. The Morgan fingerprint density at radius 3 is 2.36 bits per heavy atom. The fraction of sp³-hybridized carbons (Fsp3) is 1.00. The minimum atomic E-state index is 0.500. The van der Waals surface area contributed by atoms with E-state index in [1.54, 1.807) is 0 Å². The molecule has 0 bridgehead atoms. The molecule has 0 radical (unpaired) electrons. The molecule has 1 saturated carbocycles. The molecule has 2 unspecified atom stereocenters. The normalized spacial score (nSPS) is 34.5. The third-order valence-corrected chi connectivity index (χ3v) is 3.96. The zero-order chi connectivity index (χ0) is 10.8. The summed E-state index contributed by atoms with van der Waals surface area (Å²) in [5.74, 6) is 0.982. The van der Waals surface area contributed by atoms with Crippen LogP contribution in [0, 0.1) is 16.7 Å². The third-order valence-electron chi connectivity index (χ3n) is 3.96. The van der Waals surface area contributed by atoms with E-state index < -0.39 is 0 Å². The van der Waals surface area contributed by atoms with Crippen molar-refractivity contribution in [3.05, 3.63) is 0 Å². The summed E-state index contributed by atoms with van der Waals surface area (Å²) in [7, 11) is 0. The standard InChI is InChI=1S/C14H28/c1-6-12-9-7-8-10-14(12,5)11-13(2,3)4/h12H,6-11H2,1-5H3. The molecule has 2 atom stereocenters. The van der Waals surface area contributed by atoms with Gasteiger partial charge in [0, 0.05) is 0 Å². The SMILES string of the molecule is CCC1CCCCC1(C)CC(C)(C)C. The van der Waals surface area contributed by atoms with Gasteiger partial charge in [-0.25, -0.2) is 0 Å². The molecule has 0 heterocycles. The van der Waals surface area contributed by atoms with Gasteiger partial charge in [-0.2, -0.15) is 0 Å². The van der Waals surface area contributed by atoms with Crippen LogP contribution in [-0.2, 0) is 0 Å². The van der Waals surface area contributed by atoms with E-state index in [4.69, 9.17) is 0 Å². The highest BCUT2D eigenvalue weighted by atomic mass is 14.4. The van der Waals surface area contributed by atoms with Crippen LogP contribution < -0.4 is 0 Å². The molecule has 0 aliphatic heterocycles. The van der Waals surface area contributed by atoms with Gasteiger partial charge in [-0.15, -0.1) is 0 Å². The smallest absolute Gasteiger partial charge is 0.0293 e. The summed E-state index contributed by atoms with van der Waals surface area (Å²) in [6, 6.07) is 0. The molecule has 1 aliphatic carbocycles. The quantitative estimate of drug-likeness (QED) is 0.581. The van der Waals surface area contributed by atoms with E-state index in [0.29, 0.717) is 10.8 Å². The third kappa shape index (κ3) is 3.00. The first kappa shape index (κ1) is 12.1. The fourth-order valence-corrected chi connectivity index (χ4v) is 3.61. The van der Waals surface area contributed by atoms with Gasteiger partial charge in [0.15, 0.2) is 0 Å². The lowest BCUT2D eigenvalue weighted by atomic mass is 9.61. The first-order chi connectivity index (χ1) is 6.37. The van der Waals surface area contributed by atoms with Crippen LogP contribution in [-0.4, -0.2) is 0 Å². The molecule has 0 nitrogen and oxygen atoms in total. The van der Waals surface area contributed by atoms with Crippen molar-refractivity contribution in [2.45, 2.75) is 73.1 Å². The molecule has 0 aromatic carbocycles. The van der Waals surface area contributed by atoms with Crippen molar-refractivity contribution < 1.29 is 0 Å². The van der Waals surface area contributed by atoms with Gasteiger partial charge >= 0.3 is 0 Å². The molecule has 0 N–H and O–H groups in total. The highest BCUT2D eigenvalue weighted by Crippen LogP contribution is 2.49. The Kier molecular flexibility index (Phi) is 3.66. The summed E-state index contributed by atoms with van der Waals surface area (Å²) in [6.07, 6.45) is 8.65. The summed E-state index contributed by atoms with van der Waals surface area (Å²) in [5, 5.41) is 0. The minimum Gasteiger partial charge on any atom is -0.0651 e. The van der Waals surface area contributed by atoms with Crippen LogP contribution in [0.25, 0.3) is 0 Å². The van der Waals surface area contributed by atoms with Crippen LogP contribution in [0.15, 0.2) is 0 Å². The Morgan fingerprint density at radius 1 is 1.21 bits per heavy atom. The van der Waals surface area contributed by atoms with Crippen LogP contribution in [0.2, 0.25) is 0 Å². The van der Waals surface area contributed by atoms with Crippen LogP contribution >= 0.6 is 0 Å². The van der Waals surface area contributed by atoms with E-state index in [0.717, 1.165) is 5.92 Å². The van der Waals surface area contributed by atoms with Gasteiger partial charge in [-0.1, -0.05) is 53.9 Å². The van der Waals surface area contributed by atoms with Crippen LogP contribution in [0.1, 0.15) is 73.1 Å². The van der Waals surface area contributed by atoms with Crippen molar-refractivity contribution in [1.82, 2.24) is 0 Å². The summed E-state index contributed by atoms with van der Waals surface area (Å²) < 4.78 is 0. The van der Waals surface area contributed by atoms with Gasteiger partial charge in [-0.05, 0) is 36.0 Å². The molecule has 0 saturated heterocycles. The summed E-state index contributed by atoms with van der Waals surface area (Å²) >= 11 is 0. The zero-order valence-electron chi connectivity index (χ0n) is 10.8. The van der Waals surface area contributed by atoms with Crippen molar-refractivity contribution >= 4 is 0 Å². The molecular formula is C14H28. The highest BCUT2D eigenvalue weighted by molar-refractivity contribution is 4.88. The first-order valence-corrected chi connectivity index (χ1v) is 6.37. The topological polar surface area (TPSA) is 0 Å². The molecule has 14 heavy (non-hydrogen) atoms. The van der Waals surface area contributed by atoms with Crippen LogP contribution in [0.4, 0.5) is 0 Å². The van der Waals surface area contributed by atoms with Crippen molar-refractivity contribution in [2.24, 2.45) is 16.7 Å². The fourth-order valence-electron chi connectivity index (χ4n) is 3.61. The second kappa shape index (κ2) is 4.24. The lowest BCUT2D eigenvalue weighted by Gasteiger charge is -2.45. The van der Waals surface area contributed by atoms with Gasteiger partial charge in [0.05, 0.1) is 0 Å².